The first kappa shape index (κ1) is 31.9. The number of rotatable bonds is 6. The summed E-state index contributed by atoms with van der Waals surface area (Å²) in [6.45, 7) is 0. The second-order valence-electron chi connectivity index (χ2n) is 14.0. The summed E-state index contributed by atoms with van der Waals surface area (Å²) in [5, 5.41) is 4.33. The number of hydrogen-bond donors (Lipinski definition) is 0. The Labute approximate surface area is 322 Å². The number of benzene rings is 8. The van der Waals surface area contributed by atoms with Gasteiger partial charge in [0.2, 0.25) is 0 Å². The van der Waals surface area contributed by atoms with Crippen molar-refractivity contribution in [3.63, 3.8) is 0 Å². The van der Waals surface area contributed by atoms with E-state index in [2.05, 4.69) is 133 Å². The molecule has 0 unspecified atom stereocenters. The lowest BCUT2D eigenvalue weighted by atomic mass is 9.95. The van der Waals surface area contributed by atoms with Crippen LogP contribution in [0.15, 0.2) is 197 Å². The molecule has 0 bridgehead atoms. The van der Waals surface area contributed by atoms with Crippen molar-refractivity contribution < 1.29 is 8.83 Å². The summed E-state index contributed by atoms with van der Waals surface area (Å²) in [5.41, 5.74) is 12.5. The van der Waals surface area contributed by atoms with Gasteiger partial charge in [0.1, 0.15) is 22.3 Å². The van der Waals surface area contributed by atoms with Gasteiger partial charge in [-0.1, -0.05) is 133 Å². The molecule has 0 aliphatic heterocycles. The molecule has 5 heteroatoms. The third-order valence-electron chi connectivity index (χ3n) is 10.5. The van der Waals surface area contributed by atoms with Crippen molar-refractivity contribution in [1.82, 2.24) is 15.0 Å². The third-order valence-corrected chi connectivity index (χ3v) is 10.5. The Bertz CT molecular complexity index is 3240. The van der Waals surface area contributed by atoms with Crippen LogP contribution in [0.5, 0.6) is 0 Å². The molecule has 0 fully saturated rings. The molecule has 0 aliphatic rings. The molecule has 56 heavy (non-hydrogen) atoms. The Kier molecular flexibility index (Phi) is 7.42. The van der Waals surface area contributed by atoms with E-state index in [1.807, 2.05) is 54.6 Å². The highest BCUT2D eigenvalue weighted by molar-refractivity contribution is 6.07. The van der Waals surface area contributed by atoms with E-state index in [1.165, 1.54) is 0 Å². The standard InChI is InChI=1S/C51H31N3O2/c1-3-11-32(12-4-1)34-19-21-35(22-20-34)49-52-50(37-24-26-44-42-16-8-10-18-46(42)56-48(44)31-37)54-51(53-49)40-28-38(33-13-5-2-6-14-33)27-39(29-40)36-23-25-43-41-15-7-9-17-45(41)55-47(43)30-36/h1-31H. The summed E-state index contributed by atoms with van der Waals surface area (Å²) in [6, 6.07) is 64.7. The molecular formula is C51H31N3O2. The maximum absolute atomic E-state index is 6.32. The van der Waals surface area contributed by atoms with Crippen LogP contribution in [-0.2, 0) is 0 Å². The Morgan fingerprint density at radius 3 is 1.21 bits per heavy atom. The van der Waals surface area contributed by atoms with Gasteiger partial charge in [0.25, 0.3) is 0 Å². The lowest BCUT2D eigenvalue weighted by molar-refractivity contribution is 0.668. The smallest absolute Gasteiger partial charge is 0.164 e. The van der Waals surface area contributed by atoms with E-state index >= 15 is 0 Å². The van der Waals surface area contributed by atoms with Gasteiger partial charge in [-0.2, -0.15) is 0 Å². The van der Waals surface area contributed by atoms with Gasteiger partial charge < -0.3 is 8.83 Å². The van der Waals surface area contributed by atoms with Crippen molar-refractivity contribution in [3.05, 3.63) is 188 Å². The van der Waals surface area contributed by atoms with Crippen molar-refractivity contribution in [3.8, 4) is 67.5 Å². The summed E-state index contributed by atoms with van der Waals surface area (Å²) in [4.78, 5) is 15.5. The van der Waals surface area contributed by atoms with Crippen LogP contribution in [0, 0.1) is 0 Å². The van der Waals surface area contributed by atoms with Gasteiger partial charge in [-0.05, 0) is 88.0 Å². The largest absolute Gasteiger partial charge is 0.456 e. The topological polar surface area (TPSA) is 65.0 Å². The van der Waals surface area contributed by atoms with E-state index < -0.39 is 0 Å². The van der Waals surface area contributed by atoms with E-state index in [4.69, 9.17) is 23.8 Å². The van der Waals surface area contributed by atoms with Crippen LogP contribution in [-0.4, -0.2) is 15.0 Å². The van der Waals surface area contributed by atoms with Gasteiger partial charge in [-0.25, -0.2) is 15.0 Å². The van der Waals surface area contributed by atoms with E-state index in [9.17, 15) is 0 Å². The summed E-state index contributed by atoms with van der Waals surface area (Å²) in [5.74, 6) is 1.73. The molecule has 0 radical (unpaired) electrons. The number of fused-ring (bicyclic) bond motifs is 6. The highest BCUT2D eigenvalue weighted by atomic mass is 16.3. The molecule has 262 valence electrons. The summed E-state index contributed by atoms with van der Waals surface area (Å²) < 4.78 is 12.6. The van der Waals surface area contributed by atoms with Crippen molar-refractivity contribution in [2.24, 2.45) is 0 Å². The van der Waals surface area contributed by atoms with Crippen molar-refractivity contribution in [2.75, 3.05) is 0 Å². The molecule has 3 heterocycles. The minimum absolute atomic E-state index is 0.565. The Balaban J connectivity index is 1.10. The summed E-state index contributed by atoms with van der Waals surface area (Å²) in [6.07, 6.45) is 0. The second-order valence-corrected chi connectivity index (χ2v) is 14.0. The van der Waals surface area contributed by atoms with Crippen LogP contribution >= 0.6 is 0 Å². The fourth-order valence-electron chi connectivity index (χ4n) is 7.70. The van der Waals surface area contributed by atoms with Gasteiger partial charge in [-0.3, -0.25) is 0 Å². The monoisotopic (exact) mass is 717 g/mol. The van der Waals surface area contributed by atoms with E-state index in [0.29, 0.717) is 17.5 Å². The van der Waals surface area contributed by atoms with Crippen LogP contribution in [0.2, 0.25) is 0 Å². The van der Waals surface area contributed by atoms with Crippen molar-refractivity contribution in [2.45, 2.75) is 0 Å². The predicted octanol–water partition coefficient (Wildman–Crippen LogP) is 13.7. The number of nitrogens with zero attached hydrogens (tertiary/aromatic N) is 3. The molecule has 0 saturated carbocycles. The molecule has 0 spiro atoms. The van der Waals surface area contributed by atoms with Crippen LogP contribution in [0.4, 0.5) is 0 Å². The highest BCUT2D eigenvalue weighted by Crippen LogP contribution is 2.37. The molecule has 5 nitrogen and oxygen atoms in total. The normalized spacial score (nSPS) is 11.6. The quantitative estimate of drug-likeness (QED) is 0.171. The first-order chi connectivity index (χ1) is 27.7. The number of furan rings is 2. The van der Waals surface area contributed by atoms with Crippen LogP contribution < -0.4 is 0 Å². The molecule has 0 atom stereocenters. The predicted molar refractivity (Wildman–Crippen MR) is 227 cm³/mol. The molecule has 0 saturated heterocycles. The van der Waals surface area contributed by atoms with Crippen LogP contribution in [0.3, 0.4) is 0 Å². The van der Waals surface area contributed by atoms with E-state index in [-0.39, 0.29) is 0 Å². The molecule has 0 N–H and O–H groups in total. The maximum Gasteiger partial charge on any atom is 0.164 e. The minimum atomic E-state index is 0.565. The molecule has 0 amide bonds. The van der Waals surface area contributed by atoms with Crippen LogP contribution in [0.1, 0.15) is 0 Å². The van der Waals surface area contributed by atoms with Gasteiger partial charge in [0.05, 0.1) is 0 Å². The molecule has 3 aromatic heterocycles. The lowest BCUT2D eigenvalue weighted by Crippen LogP contribution is -2.00. The zero-order chi connectivity index (χ0) is 37.0. The summed E-state index contributed by atoms with van der Waals surface area (Å²) in [7, 11) is 0. The fraction of sp³-hybridized carbons (Fsp3) is 0. The second kappa shape index (κ2) is 13.0. The number of aromatic nitrogens is 3. The van der Waals surface area contributed by atoms with Gasteiger partial charge in [0.15, 0.2) is 17.5 Å². The zero-order valence-electron chi connectivity index (χ0n) is 30.1. The average Bonchev–Trinajstić information content (AvgIpc) is 3.84. The molecule has 8 aromatic carbocycles. The number of hydrogen-bond acceptors (Lipinski definition) is 5. The SMILES string of the molecule is c1ccc(-c2ccc(-c3nc(-c4cc(-c5ccccc5)cc(-c5ccc6c(c5)oc5ccccc56)c4)nc(-c4ccc5c(c4)oc4ccccc45)n3)cc2)cc1. The Morgan fingerprint density at radius 1 is 0.232 bits per heavy atom. The Hall–Kier alpha value is -7.63. The van der Waals surface area contributed by atoms with E-state index in [1.54, 1.807) is 0 Å². The van der Waals surface area contributed by atoms with Gasteiger partial charge in [-0.15, -0.1) is 0 Å². The summed E-state index contributed by atoms with van der Waals surface area (Å²) >= 11 is 0. The molecule has 11 aromatic rings. The molecule has 0 aliphatic carbocycles. The minimum Gasteiger partial charge on any atom is -0.456 e. The van der Waals surface area contributed by atoms with Crippen LogP contribution in [0.25, 0.3) is 111 Å². The fourth-order valence-corrected chi connectivity index (χ4v) is 7.70. The van der Waals surface area contributed by atoms with Gasteiger partial charge >= 0.3 is 0 Å². The van der Waals surface area contributed by atoms with Crippen molar-refractivity contribution in [1.29, 1.82) is 0 Å². The highest BCUT2D eigenvalue weighted by Gasteiger charge is 2.17. The maximum atomic E-state index is 6.32. The van der Waals surface area contributed by atoms with Gasteiger partial charge in [0, 0.05) is 38.2 Å². The number of para-hydroxylation sites is 2. The average molecular weight is 718 g/mol. The zero-order valence-corrected chi connectivity index (χ0v) is 30.1. The molecule has 11 rings (SSSR count). The Morgan fingerprint density at radius 2 is 0.607 bits per heavy atom. The van der Waals surface area contributed by atoms with E-state index in [0.717, 1.165) is 93.9 Å². The van der Waals surface area contributed by atoms with Crippen molar-refractivity contribution >= 4 is 43.9 Å². The lowest BCUT2D eigenvalue weighted by Gasteiger charge is -2.13. The first-order valence-corrected chi connectivity index (χ1v) is 18.7. The first-order valence-electron chi connectivity index (χ1n) is 18.7. The third kappa shape index (κ3) is 5.62. The molecular weight excluding hydrogens is 687 g/mol.